The lowest BCUT2D eigenvalue weighted by atomic mass is 10.5. The maximum absolute atomic E-state index is 11.4. The van der Waals surface area contributed by atoms with E-state index in [1.54, 1.807) is 11.8 Å². The molecule has 0 amide bonds. The summed E-state index contributed by atoms with van der Waals surface area (Å²) >= 11 is 1.68. The number of hydrogen-bond donors (Lipinski definition) is 1. The number of thioether (sulfide) groups is 1. The van der Waals surface area contributed by atoms with E-state index < -0.39 is 5.69 Å². The molecule has 0 saturated carbocycles. The molecule has 1 fully saturated rings. The van der Waals surface area contributed by atoms with Crippen LogP contribution in [0.2, 0.25) is 0 Å². The molecular weight excluding hydrogens is 216 g/mol. The third kappa shape index (κ3) is 2.15. The second-order valence-electron chi connectivity index (χ2n) is 3.28. The Morgan fingerprint density at radius 1 is 1.67 bits per heavy atom. The summed E-state index contributed by atoms with van der Waals surface area (Å²) in [6, 6.07) is 1.33. The van der Waals surface area contributed by atoms with Gasteiger partial charge >= 0.3 is 5.69 Å². The van der Waals surface area contributed by atoms with E-state index >= 15 is 0 Å². The molecule has 1 saturated heterocycles. The Morgan fingerprint density at radius 2 is 2.47 bits per heavy atom. The Labute approximate surface area is 90.5 Å². The number of rotatable bonds is 2. The van der Waals surface area contributed by atoms with E-state index in [0.717, 1.165) is 12.2 Å². The van der Waals surface area contributed by atoms with Crippen LogP contribution in [0, 0.1) is 0 Å². The van der Waals surface area contributed by atoms with Crippen LogP contribution in [-0.2, 0) is 4.74 Å². The summed E-state index contributed by atoms with van der Waals surface area (Å²) in [6.45, 7) is 2.04. The molecule has 2 heterocycles. The van der Waals surface area contributed by atoms with Gasteiger partial charge in [-0.3, -0.25) is 14.3 Å². The van der Waals surface area contributed by atoms with Crippen LogP contribution in [0.5, 0.6) is 0 Å². The van der Waals surface area contributed by atoms with Crippen LogP contribution in [0.3, 0.4) is 0 Å². The first-order chi connectivity index (χ1) is 7.20. The molecule has 1 aliphatic heterocycles. The van der Waals surface area contributed by atoms with Gasteiger partial charge in [0, 0.05) is 18.0 Å². The summed E-state index contributed by atoms with van der Waals surface area (Å²) in [6.07, 6.45) is 2.13. The Balaban J connectivity index is 2.24. The van der Waals surface area contributed by atoms with Crippen LogP contribution < -0.4 is 11.2 Å². The van der Waals surface area contributed by atoms with Gasteiger partial charge in [0.2, 0.25) is 0 Å². The van der Waals surface area contributed by atoms with Crippen LogP contribution >= 0.6 is 11.8 Å². The maximum Gasteiger partial charge on any atom is 0.330 e. The van der Waals surface area contributed by atoms with Crippen molar-refractivity contribution in [3.63, 3.8) is 0 Å². The van der Waals surface area contributed by atoms with E-state index in [4.69, 9.17) is 4.74 Å². The molecule has 6 heteroatoms. The van der Waals surface area contributed by atoms with Crippen molar-refractivity contribution < 1.29 is 4.74 Å². The second kappa shape index (κ2) is 4.24. The molecule has 0 bridgehead atoms. The van der Waals surface area contributed by atoms with Gasteiger partial charge in [-0.2, -0.15) is 0 Å². The van der Waals surface area contributed by atoms with Gasteiger partial charge in [-0.1, -0.05) is 6.92 Å². The van der Waals surface area contributed by atoms with Crippen molar-refractivity contribution in [2.75, 3.05) is 5.75 Å². The van der Waals surface area contributed by atoms with Gasteiger partial charge in [-0.25, -0.2) is 4.79 Å². The Morgan fingerprint density at radius 3 is 3.07 bits per heavy atom. The van der Waals surface area contributed by atoms with Crippen LogP contribution in [0.4, 0.5) is 0 Å². The number of H-pyrrole nitrogens is 1. The molecule has 0 spiro atoms. The molecule has 0 aromatic carbocycles. The van der Waals surface area contributed by atoms with Crippen molar-refractivity contribution in [1.29, 1.82) is 0 Å². The highest BCUT2D eigenvalue weighted by atomic mass is 32.2. The molecule has 1 aliphatic rings. The minimum Gasteiger partial charge on any atom is -0.343 e. The lowest BCUT2D eigenvalue weighted by molar-refractivity contribution is 0.0147. The molecule has 2 atom stereocenters. The summed E-state index contributed by atoms with van der Waals surface area (Å²) in [5.41, 5.74) is -0.646. The molecule has 0 radical (unpaired) electrons. The minimum absolute atomic E-state index is 0.147. The van der Waals surface area contributed by atoms with Crippen molar-refractivity contribution in [1.82, 2.24) is 9.55 Å². The molecular formula is C9H12N2O3S. The predicted molar refractivity (Wildman–Crippen MR) is 58.0 cm³/mol. The molecule has 1 aromatic rings. The van der Waals surface area contributed by atoms with E-state index in [2.05, 4.69) is 4.98 Å². The largest absolute Gasteiger partial charge is 0.343 e. The van der Waals surface area contributed by atoms with E-state index in [-0.39, 0.29) is 17.2 Å². The van der Waals surface area contributed by atoms with E-state index in [1.165, 1.54) is 16.8 Å². The smallest absolute Gasteiger partial charge is 0.330 e. The van der Waals surface area contributed by atoms with Crippen molar-refractivity contribution in [2.45, 2.75) is 25.0 Å². The molecule has 0 aliphatic carbocycles. The number of nitrogens with one attached hydrogen (secondary N) is 1. The van der Waals surface area contributed by atoms with E-state index in [9.17, 15) is 9.59 Å². The first-order valence-corrected chi connectivity index (χ1v) is 5.84. The number of ether oxygens (including phenoxy) is 1. The highest BCUT2D eigenvalue weighted by molar-refractivity contribution is 7.99. The average molecular weight is 228 g/mol. The fourth-order valence-corrected chi connectivity index (χ4v) is 2.52. The minimum atomic E-state index is -0.412. The molecule has 0 unspecified atom stereocenters. The van der Waals surface area contributed by atoms with Gasteiger partial charge in [0.1, 0.15) is 11.7 Å². The molecule has 1 aromatic heterocycles. The van der Waals surface area contributed by atoms with Gasteiger partial charge in [0.05, 0.1) is 0 Å². The Kier molecular flexibility index (Phi) is 2.97. The van der Waals surface area contributed by atoms with E-state index in [1.807, 2.05) is 6.92 Å². The average Bonchev–Trinajstić information content (AvgIpc) is 2.66. The zero-order valence-corrected chi connectivity index (χ0v) is 9.12. The normalized spacial score (nSPS) is 25.7. The van der Waals surface area contributed by atoms with E-state index in [0.29, 0.717) is 0 Å². The quantitative estimate of drug-likeness (QED) is 0.802. The van der Waals surface area contributed by atoms with Gasteiger partial charge in [0.15, 0.2) is 0 Å². The first kappa shape index (κ1) is 10.5. The summed E-state index contributed by atoms with van der Waals surface area (Å²) in [4.78, 5) is 24.5. The summed E-state index contributed by atoms with van der Waals surface area (Å²) in [5, 5.41) is 0. The van der Waals surface area contributed by atoms with Crippen LogP contribution in [-0.4, -0.2) is 20.7 Å². The van der Waals surface area contributed by atoms with Crippen LogP contribution in [0.15, 0.2) is 21.9 Å². The molecule has 15 heavy (non-hydrogen) atoms. The topological polar surface area (TPSA) is 64.1 Å². The fourth-order valence-electron chi connectivity index (χ4n) is 1.46. The number of hydrogen-bond acceptors (Lipinski definition) is 4. The second-order valence-corrected chi connectivity index (χ2v) is 4.47. The number of nitrogens with zero attached hydrogens (tertiary/aromatic N) is 1. The van der Waals surface area contributed by atoms with Crippen molar-refractivity contribution >= 4 is 11.8 Å². The van der Waals surface area contributed by atoms with Crippen LogP contribution in [0.1, 0.15) is 19.6 Å². The SMILES string of the molecule is CC[C@H]1O[C@@H](n2ccc(=O)[nH]c2=O)CS1. The van der Waals surface area contributed by atoms with Gasteiger partial charge in [-0.15, -0.1) is 11.8 Å². The van der Waals surface area contributed by atoms with Gasteiger partial charge < -0.3 is 4.74 Å². The van der Waals surface area contributed by atoms with Crippen molar-refractivity contribution in [2.24, 2.45) is 0 Å². The maximum atomic E-state index is 11.4. The number of aromatic nitrogens is 2. The third-order valence-electron chi connectivity index (χ3n) is 2.23. The first-order valence-electron chi connectivity index (χ1n) is 4.79. The number of aromatic amines is 1. The lowest BCUT2D eigenvalue weighted by Gasteiger charge is -2.13. The van der Waals surface area contributed by atoms with Crippen molar-refractivity contribution in [3.05, 3.63) is 33.1 Å². The zero-order valence-electron chi connectivity index (χ0n) is 8.30. The highest BCUT2D eigenvalue weighted by Gasteiger charge is 2.26. The predicted octanol–water partition coefficient (Wildman–Crippen LogP) is 0.535. The summed E-state index contributed by atoms with van der Waals surface area (Å²) < 4.78 is 7.04. The van der Waals surface area contributed by atoms with Gasteiger partial charge in [-0.05, 0) is 6.42 Å². The lowest BCUT2D eigenvalue weighted by Crippen LogP contribution is -2.32. The molecule has 2 rings (SSSR count). The highest BCUT2D eigenvalue weighted by Crippen LogP contribution is 2.32. The Hall–Kier alpha value is -1.01. The van der Waals surface area contributed by atoms with Crippen molar-refractivity contribution in [3.8, 4) is 0 Å². The molecule has 82 valence electrons. The Bertz CT molecular complexity index is 453. The molecule has 5 nitrogen and oxygen atoms in total. The summed E-state index contributed by atoms with van der Waals surface area (Å²) in [5.74, 6) is 0.741. The summed E-state index contributed by atoms with van der Waals surface area (Å²) in [7, 11) is 0. The monoisotopic (exact) mass is 228 g/mol. The molecule has 1 N–H and O–H groups in total. The van der Waals surface area contributed by atoms with Crippen LogP contribution in [0.25, 0.3) is 0 Å². The zero-order chi connectivity index (χ0) is 10.8. The van der Waals surface area contributed by atoms with Gasteiger partial charge in [0.25, 0.3) is 5.56 Å². The standard InChI is InChI=1S/C9H12N2O3S/c1-2-8-14-7(5-15-8)11-4-3-6(12)10-9(11)13/h3-4,7-8H,2,5H2,1H3,(H,10,12,13)/t7-,8+/m1/s1. The fraction of sp³-hybridized carbons (Fsp3) is 0.556. The third-order valence-corrected chi connectivity index (χ3v) is 3.52.